The summed E-state index contributed by atoms with van der Waals surface area (Å²) in [6.45, 7) is 6.89. The minimum absolute atomic E-state index is 0.160. The fraction of sp³-hybridized carbons (Fsp3) is 0.381. The van der Waals surface area contributed by atoms with Crippen molar-refractivity contribution < 1.29 is 9.53 Å². The number of carbonyl (C=O) groups is 1. The Kier molecular flexibility index (Phi) is 5.66. The van der Waals surface area contributed by atoms with Crippen LogP contribution in [0, 0.1) is 5.92 Å². The summed E-state index contributed by atoms with van der Waals surface area (Å²) in [6.07, 6.45) is 2.38. The summed E-state index contributed by atoms with van der Waals surface area (Å²) in [6, 6.07) is 12.9. The largest absolute Gasteiger partial charge is 0.494 e. The van der Waals surface area contributed by atoms with Gasteiger partial charge in [-0.3, -0.25) is 4.79 Å². The molecule has 5 heteroatoms. The fourth-order valence-electron chi connectivity index (χ4n) is 3.24. The second kappa shape index (κ2) is 8.13. The highest BCUT2D eigenvalue weighted by Crippen LogP contribution is 2.30. The SMILES string of the molecule is CCOc1ccc(C(=O)Nc2ccc(N3CCC(C)CC3)c(N)c2)cc1. The van der Waals surface area contributed by atoms with Gasteiger partial charge < -0.3 is 20.7 Å². The van der Waals surface area contributed by atoms with Crippen LogP contribution in [0.2, 0.25) is 0 Å². The van der Waals surface area contributed by atoms with Crippen LogP contribution in [0.1, 0.15) is 37.0 Å². The summed E-state index contributed by atoms with van der Waals surface area (Å²) in [5.41, 5.74) is 9.28. The number of carbonyl (C=O) groups excluding carboxylic acids is 1. The molecule has 0 radical (unpaired) electrons. The smallest absolute Gasteiger partial charge is 0.255 e. The summed E-state index contributed by atoms with van der Waals surface area (Å²) in [5, 5.41) is 2.91. The van der Waals surface area contributed by atoms with Crippen LogP contribution in [-0.4, -0.2) is 25.6 Å². The monoisotopic (exact) mass is 353 g/mol. The van der Waals surface area contributed by atoms with Crippen molar-refractivity contribution >= 4 is 23.0 Å². The van der Waals surface area contributed by atoms with Crippen LogP contribution in [0.25, 0.3) is 0 Å². The summed E-state index contributed by atoms with van der Waals surface area (Å²) < 4.78 is 5.40. The van der Waals surface area contributed by atoms with Crippen LogP contribution in [-0.2, 0) is 0 Å². The van der Waals surface area contributed by atoms with Gasteiger partial charge in [0, 0.05) is 24.3 Å². The van der Waals surface area contributed by atoms with Crippen molar-refractivity contribution in [1.82, 2.24) is 0 Å². The average molecular weight is 353 g/mol. The molecule has 0 atom stereocenters. The number of piperidine rings is 1. The first-order chi connectivity index (χ1) is 12.6. The zero-order chi connectivity index (χ0) is 18.5. The van der Waals surface area contributed by atoms with E-state index in [9.17, 15) is 4.79 Å². The van der Waals surface area contributed by atoms with Gasteiger partial charge >= 0.3 is 0 Å². The maximum absolute atomic E-state index is 12.4. The number of hydrogen-bond donors (Lipinski definition) is 2. The van der Waals surface area contributed by atoms with Gasteiger partial charge in [0.1, 0.15) is 5.75 Å². The third kappa shape index (κ3) is 4.28. The number of nitrogen functional groups attached to an aromatic ring is 1. The maximum Gasteiger partial charge on any atom is 0.255 e. The number of ether oxygens (including phenoxy) is 1. The Bertz CT molecular complexity index is 750. The predicted molar refractivity (Wildman–Crippen MR) is 107 cm³/mol. The van der Waals surface area contributed by atoms with E-state index in [0.29, 0.717) is 23.5 Å². The number of amides is 1. The van der Waals surface area contributed by atoms with Crippen LogP contribution in [0.15, 0.2) is 42.5 Å². The first-order valence-corrected chi connectivity index (χ1v) is 9.25. The molecule has 1 aliphatic heterocycles. The second-order valence-electron chi connectivity index (χ2n) is 6.85. The van der Waals surface area contributed by atoms with Gasteiger partial charge in [0.25, 0.3) is 5.91 Å². The molecule has 1 saturated heterocycles. The lowest BCUT2D eigenvalue weighted by Crippen LogP contribution is -2.33. The standard InChI is InChI=1S/C21H27N3O2/c1-3-26-18-7-4-16(5-8-18)21(25)23-17-6-9-20(19(22)14-17)24-12-10-15(2)11-13-24/h4-9,14-15H,3,10-13,22H2,1-2H3,(H,23,25). The third-order valence-corrected chi connectivity index (χ3v) is 4.84. The molecule has 1 amide bonds. The zero-order valence-corrected chi connectivity index (χ0v) is 15.5. The van der Waals surface area contributed by atoms with E-state index in [1.165, 1.54) is 12.8 Å². The molecule has 0 unspecified atom stereocenters. The summed E-state index contributed by atoms with van der Waals surface area (Å²) >= 11 is 0. The number of hydrogen-bond acceptors (Lipinski definition) is 4. The summed E-state index contributed by atoms with van der Waals surface area (Å²) in [5.74, 6) is 1.38. The van der Waals surface area contributed by atoms with Crippen LogP contribution in [0.3, 0.4) is 0 Å². The second-order valence-corrected chi connectivity index (χ2v) is 6.85. The molecule has 1 fully saturated rings. The molecule has 3 N–H and O–H groups in total. The van der Waals surface area contributed by atoms with Crippen LogP contribution in [0.5, 0.6) is 5.75 Å². The number of nitrogens with zero attached hydrogens (tertiary/aromatic N) is 1. The Balaban J connectivity index is 1.66. The Morgan fingerprint density at radius 3 is 2.50 bits per heavy atom. The van der Waals surface area contributed by atoms with E-state index >= 15 is 0 Å². The van der Waals surface area contributed by atoms with E-state index in [0.717, 1.165) is 30.4 Å². The van der Waals surface area contributed by atoms with E-state index in [1.54, 1.807) is 24.3 Å². The minimum Gasteiger partial charge on any atom is -0.494 e. The highest BCUT2D eigenvalue weighted by molar-refractivity contribution is 6.04. The predicted octanol–water partition coefficient (Wildman–Crippen LogP) is 4.16. The van der Waals surface area contributed by atoms with Crippen LogP contribution in [0.4, 0.5) is 17.1 Å². The highest BCUT2D eigenvalue weighted by atomic mass is 16.5. The normalized spacial score (nSPS) is 14.9. The van der Waals surface area contributed by atoms with Crippen LogP contribution >= 0.6 is 0 Å². The number of rotatable bonds is 5. The molecule has 1 aliphatic rings. The number of benzene rings is 2. The molecule has 2 aromatic carbocycles. The van der Waals surface area contributed by atoms with Crippen molar-refractivity contribution in [2.24, 2.45) is 5.92 Å². The van der Waals surface area contributed by atoms with E-state index in [1.807, 2.05) is 25.1 Å². The van der Waals surface area contributed by atoms with Crippen LogP contribution < -0.4 is 20.7 Å². The molecular weight excluding hydrogens is 326 g/mol. The molecule has 0 bridgehead atoms. The van der Waals surface area contributed by atoms with Gasteiger partial charge in [-0.25, -0.2) is 0 Å². The Morgan fingerprint density at radius 1 is 1.19 bits per heavy atom. The average Bonchev–Trinajstić information content (AvgIpc) is 2.64. The van der Waals surface area contributed by atoms with Crippen molar-refractivity contribution in [2.75, 3.05) is 35.6 Å². The van der Waals surface area contributed by atoms with Crippen molar-refractivity contribution in [1.29, 1.82) is 0 Å². The first kappa shape index (κ1) is 18.1. The van der Waals surface area contributed by atoms with Gasteiger partial charge in [-0.2, -0.15) is 0 Å². The molecule has 2 aromatic rings. The Hall–Kier alpha value is -2.69. The van der Waals surface area contributed by atoms with E-state index in [4.69, 9.17) is 10.5 Å². The highest BCUT2D eigenvalue weighted by Gasteiger charge is 2.18. The van der Waals surface area contributed by atoms with Gasteiger partial charge in [0.2, 0.25) is 0 Å². The topological polar surface area (TPSA) is 67.6 Å². The van der Waals surface area contributed by atoms with Gasteiger partial charge in [0.15, 0.2) is 0 Å². The van der Waals surface area contributed by atoms with Gasteiger partial charge in [-0.05, 0) is 68.1 Å². The van der Waals surface area contributed by atoms with E-state index in [-0.39, 0.29) is 5.91 Å². The molecule has 26 heavy (non-hydrogen) atoms. The molecule has 138 valence electrons. The van der Waals surface area contributed by atoms with Crippen molar-refractivity contribution in [2.45, 2.75) is 26.7 Å². The van der Waals surface area contributed by atoms with E-state index < -0.39 is 0 Å². The fourth-order valence-corrected chi connectivity index (χ4v) is 3.24. The number of nitrogens with two attached hydrogens (primary N) is 1. The lowest BCUT2D eigenvalue weighted by atomic mass is 9.98. The quantitative estimate of drug-likeness (QED) is 0.792. The Morgan fingerprint density at radius 2 is 1.88 bits per heavy atom. The number of nitrogens with one attached hydrogen (secondary N) is 1. The molecule has 5 nitrogen and oxygen atoms in total. The minimum atomic E-state index is -0.160. The van der Waals surface area contributed by atoms with Gasteiger partial charge in [-0.15, -0.1) is 0 Å². The molecule has 0 aliphatic carbocycles. The van der Waals surface area contributed by atoms with E-state index in [2.05, 4.69) is 17.1 Å². The van der Waals surface area contributed by atoms with Crippen molar-refractivity contribution in [3.8, 4) is 5.75 Å². The Labute approximate surface area is 155 Å². The summed E-state index contributed by atoms with van der Waals surface area (Å²) in [4.78, 5) is 14.7. The molecule has 0 aromatic heterocycles. The van der Waals surface area contributed by atoms with Gasteiger partial charge in [0.05, 0.1) is 18.0 Å². The summed E-state index contributed by atoms with van der Waals surface area (Å²) in [7, 11) is 0. The third-order valence-electron chi connectivity index (χ3n) is 4.84. The van der Waals surface area contributed by atoms with Crippen molar-refractivity contribution in [3.05, 3.63) is 48.0 Å². The lowest BCUT2D eigenvalue weighted by molar-refractivity contribution is 0.102. The molecule has 3 rings (SSSR count). The lowest BCUT2D eigenvalue weighted by Gasteiger charge is -2.33. The first-order valence-electron chi connectivity index (χ1n) is 9.25. The molecule has 0 spiro atoms. The molecule has 1 heterocycles. The molecule has 0 saturated carbocycles. The number of anilines is 3. The van der Waals surface area contributed by atoms with Gasteiger partial charge in [-0.1, -0.05) is 6.92 Å². The van der Waals surface area contributed by atoms with Crippen molar-refractivity contribution in [3.63, 3.8) is 0 Å². The maximum atomic E-state index is 12.4. The zero-order valence-electron chi connectivity index (χ0n) is 15.5. The molecular formula is C21H27N3O2.